The first-order valence-electron chi connectivity index (χ1n) is 11.8. The van der Waals surface area contributed by atoms with Gasteiger partial charge in [0.15, 0.2) is 11.5 Å². The molecular weight excluding hydrogens is 478 g/mol. The van der Waals surface area contributed by atoms with Crippen LogP contribution in [0.25, 0.3) is 0 Å². The lowest BCUT2D eigenvalue weighted by Gasteiger charge is -2.28. The number of hydrogen-bond acceptors (Lipinski definition) is 6. The lowest BCUT2D eigenvalue weighted by atomic mass is 10.2. The summed E-state index contributed by atoms with van der Waals surface area (Å²) >= 11 is 1.60. The molecule has 1 aliphatic rings. The van der Waals surface area contributed by atoms with Gasteiger partial charge >= 0.3 is 6.03 Å². The van der Waals surface area contributed by atoms with Crippen molar-refractivity contribution >= 4 is 29.0 Å². The van der Waals surface area contributed by atoms with Crippen molar-refractivity contribution in [3.63, 3.8) is 0 Å². The molecule has 0 saturated heterocycles. The monoisotopic (exact) mass is 509 g/mol. The van der Waals surface area contributed by atoms with Crippen LogP contribution in [0.3, 0.4) is 0 Å². The minimum absolute atomic E-state index is 0.0444. The molecule has 0 atom stereocenters. The van der Waals surface area contributed by atoms with Gasteiger partial charge in [-0.05, 0) is 60.2 Å². The average molecular weight is 510 g/mol. The van der Waals surface area contributed by atoms with Gasteiger partial charge in [0.05, 0.1) is 6.54 Å². The van der Waals surface area contributed by atoms with E-state index >= 15 is 0 Å². The van der Waals surface area contributed by atoms with E-state index in [0.717, 1.165) is 16.0 Å². The number of methoxy groups -OCH3 is 1. The summed E-state index contributed by atoms with van der Waals surface area (Å²) in [4.78, 5) is 31.1. The minimum atomic E-state index is -0.316. The van der Waals surface area contributed by atoms with E-state index in [1.807, 2.05) is 66.9 Å². The molecule has 0 bridgehead atoms. The molecule has 1 N–H and O–H groups in total. The van der Waals surface area contributed by atoms with E-state index in [4.69, 9.17) is 14.2 Å². The summed E-state index contributed by atoms with van der Waals surface area (Å²) in [5.74, 6) is 1.24. The van der Waals surface area contributed by atoms with Gasteiger partial charge in [0.2, 0.25) is 12.7 Å². The maximum absolute atomic E-state index is 13.6. The topological polar surface area (TPSA) is 80.3 Å². The van der Waals surface area contributed by atoms with Crippen molar-refractivity contribution in [3.8, 4) is 11.5 Å². The second-order valence-electron chi connectivity index (χ2n) is 8.58. The first kappa shape index (κ1) is 25.5. The van der Waals surface area contributed by atoms with Gasteiger partial charge in [-0.25, -0.2) is 4.79 Å². The smallest absolute Gasteiger partial charge is 0.322 e. The second-order valence-corrected chi connectivity index (χ2v) is 9.62. The zero-order valence-electron chi connectivity index (χ0n) is 20.6. The van der Waals surface area contributed by atoms with Crippen molar-refractivity contribution in [3.05, 3.63) is 76.0 Å². The van der Waals surface area contributed by atoms with Crippen LogP contribution in [-0.2, 0) is 22.6 Å². The highest BCUT2D eigenvalue weighted by atomic mass is 32.1. The standard InChI is InChI=1S/C27H31N3O5S/c1-20-6-3-7-22(14-20)28-27(32)29(11-5-12-33-2)18-26(31)30(17-23-8-4-13-36-23)16-21-9-10-24-25(15-21)35-19-34-24/h3-4,6-10,13-15H,5,11-12,16-19H2,1-2H3,(H,28,32). The molecule has 190 valence electrons. The molecule has 3 aromatic rings. The number of rotatable bonds is 11. The fourth-order valence-electron chi connectivity index (χ4n) is 3.92. The summed E-state index contributed by atoms with van der Waals surface area (Å²) in [5.41, 5.74) is 2.67. The minimum Gasteiger partial charge on any atom is -0.454 e. The molecule has 9 heteroatoms. The van der Waals surface area contributed by atoms with Crippen molar-refractivity contribution in [2.45, 2.75) is 26.4 Å². The third kappa shape index (κ3) is 6.99. The fraction of sp³-hybridized carbons (Fsp3) is 0.333. The van der Waals surface area contributed by atoms with E-state index in [9.17, 15) is 9.59 Å². The van der Waals surface area contributed by atoms with Crippen molar-refractivity contribution < 1.29 is 23.8 Å². The van der Waals surface area contributed by atoms with Crippen LogP contribution in [-0.4, -0.2) is 55.3 Å². The summed E-state index contributed by atoms with van der Waals surface area (Å²) in [6, 6.07) is 16.9. The van der Waals surface area contributed by atoms with E-state index < -0.39 is 0 Å². The Labute approximate surface area is 215 Å². The second kappa shape index (κ2) is 12.4. The Morgan fingerprint density at radius 2 is 1.89 bits per heavy atom. The number of carbonyl (C=O) groups excluding carboxylic acids is 2. The fourth-order valence-corrected chi connectivity index (χ4v) is 4.64. The molecule has 0 aliphatic carbocycles. The number of benzene rings is 2. The van der Waals surface area contributed by atoms with Gasteiger partial charge in [-0.3, -0.25) is 4.79 Å². The van der Waals surface area contributed by atoms with Crippen LogP contribution < -0.4 is 14.8 Å². The third-order valence-corrected chi connectivity index (χ3v) is 6.61. The highest BCUT2D eigenvalue weighted by Crippen LogP contribution is 2.33. The zero-order valence-corrected chi connectivity index (χ0v) is 21.4. The third-order valence-electron chi connectivity index (χ3n) is 5.75. The normalized spacial score (nSPS) is 11.8. The molecule has 0 spiro atoms. The molecule has 0 saturated carbocycles. The van der Waals surface area contributed by atoms with Crippen molar-refractivity contribution in [1.29, 1.82) is 0 Å². The molecule has 8 nitrogen and oxygen atoms in total. The predicted octanol–water partition coefficient (Wildman–Crippen LogP) is 4.88. The average Bonchev–Trinajstić information content (AvgIpc) is 3.55. The largest absolute Gasteiger partial charge is 0.454 e. The Kier molecular flexibility index (Phi) is 8.80. The Bertz CT molecular complexity index is 1170. The maximum Gasteiger partial charge on any atom is 0.322 e. The number of nitrogens with one attached hydrogen (secondary N) is 1. The molecule has 0 radical (unpaired) electrons. The molecule has 36 heavy (non-hydrogen) atoms. The number of fused-ring (bicyclic) bond motifs is 1. The predicted molar refractivity (Wildman–Crippen MR) is 139 cm³/mol. The molecule has 0 fully saturated rings. The van der Waals surface area contributed by atoms with Crippen molar-refractivity contribution in [1.82, 2.24) is 9.80 Å². The number of ether oxygens (including phenoxy) is 3. The van der Waals surface area contributed by atoms with Gasteiger partial charge in [0.25, 0.3) is 0 Å². The van der Waals surface area contributed by atoms with Crippen molar-refractivity contribution in [2.75, 3.05) is 38.9 Å². The van der Waals surface area contributed by atoms with Crippen LogP contribution >= 0.6 is 11.3 Å². The number of amides is 3. The number of urea groups is 1. The van der Waals surface area contributed by atoms with E-state index in [2.05, 4.69) is 5.32 Å². The van der Waals surface area contributed by atoms with Gasteiger partial charge < -0.3 is 29.3 Å². The number of thiophene rings is 1. The Hall–Kier alpha value is -3.56. The lowest BCUT2D eigenvalue weighted by molar-refractivity contribution is -0.133. The number of anilines is 1. The first-order chi connectivity index (χ1) is 17.5. The molecule has 2 aromatic carbocycles. The molecule has 3 amide bonds. The Morgan fingerprint density at radius 1 is 1.03 bits per heavy atom. The highest BCUT2D eigenvalue weighted by Gasteiger charge is 2.23. The van der Waals surface area contributed by atoms with Crippen molar-refractivity contribution in [2.24, 2.45) is 0 Å². The van der Waals surface area contributed by atoms with Crippen LogP contribution in [0.4, 0.5) is 10.5 Å². The van der Waals surface area contributed by atoms with Gasteiger partial charge in [-0.15, -0.1) is 11.3 Å². The summed E-state index contributed by atoms with van der Waals surface area (Å²) < 4.78 is 16.1. The number of hydrogen-bond donors (Lipinski definition) is 1. The number of carbonyl (C=O) groups is 2. The zero-order chi connectivity index (χ0) is 25.3. The first-order valence-corrected chi connectivity index (χ1v) is 12.7. The van der Waals surface area contributed by atoms with Crippen LogP contribution in [0.5, 0.6) is 11.5 Å². The van der Waals surface area contributed by atoms with Gasteiger partial charge in [0.1, 0.15) is 6.54 Å². The Balaban J connectivity index is 1.49. The highest BCUT2D eigenvalue weighted by molar-refractivity contribution is 7.09. The Morgan fingerprint density at radius 3 is 2.67 bits per heavy atom. The number of aryl methyl sites for hydroxylation is 1. The van der Waals surface area contributed by atoms with E-state index in [-0.39, 0.29) is 25.3 Å². The molecular formula is C27H31N3O5S. The maximum atomic E-state index is 13.6. The van der Waals surface area contributed by atoms with E-state index in [1.54, 1.807) is 28.2 Å². The van der Waals surface area contributed by atoms with Gasteiger partial charge in [-0.2, -0.15) is 0 Å². The molecule has 1 aliphatic heterocycles. The van der Waals surface area contributed by atoms with Gasteiger partial charge in [0, 0.05) is 37.4 Å². The summed E-state index contributed by atoms with van der Waals surface area (Å²) in [6.45, 7) is 3.86. The molecule has 0 unspecified atom stereocenters. The van der Waals surface area contributed by atoms with E-state index in [1.165, 1.54) is 0 Å². The molecule has 4 rings (SSSR count). The molecule has 2 heterocycles. The van der Waals surface area contributed by atoms with Crippen LogP contribution in [0.1, 0.15) is 22.4 Å². The summed E-state index contributed by atoms with van der Waals surface area (Å²) in [6.07, 6.45) is 0.623. The molecule has 1 aromatic heterocycles. The number of nitrogens with zero attached hydrogens (tertiary/aromatic N) is 2. The SMILES string of the molecule is COCCCN(CC(=O)N(Cc1ccc2c(c1)OCO2)Cc1cccs1)C(=O)Nc1cccc(C)c1. The summed E-state index contributed by atoms with van der Waals surface area (Å²) in [7, 11) is 1.62. The lowest BCUT2D eigenvalue weighted by Crippen LogP contribution is -2.44. The van der Waals surface area contributed by atoms with Crippen LogP contribution in [0.15, 0.2) is 60.0 Å². The van der Waals surface area contributed by atoms with Crippen LogP contribution in [0, 0.1) is 6.92 Å². The summed E-state index contributed by atoms with van der Waals surface area (Å²) in [5, 5.41) is 4.92. The van der Waals surface area contributed by atoms with Crippen LogP contribution in [0.2, 0.25) is 0 Å². The van der Waals surface area contributed by atoms with E-state index in [0.29, 0.717) is 49.8 Å². The quantitative estimate of drug-likeness (QED) is 0.373. The van der Waals surface area contributed by atoms with Gasteiger partial charge in [-0.1, -0.05) is 24.3 Å².